The van der Waals surface area contributed by atoms with E-state index in [-0.39, 0.29) is 45.7 Å². The molecule has 0 amide bonds. The van der Waals surface area contributed by atoms with E-state index in [2.05, 4.69) is 0 Å². The van der Waals surface area contributed by atoms with Crippen molar-refractivity contribution in [3.63, 3.8) is 0 Å². The molecule has 0 aliphatic heterocycles. The van der Waals surface area contributed by atoms with Crippen LogP contribution < -0.4 is 0 Å². The Bertz CT molecular complexity index is 749. The van der Waals surface area contributed by atoms with Crippen molar-refractivity contribution >= 4 is 0 Å². The number of aliphatic hydroxyl groups excluding tert-OH is 3. The van der Waals surface area contributed by atoms with Crippen LogP contribution in [0.5, 0.6) is 0 Å². The van der Waals surface area contributed by atoms with Gasteiger partial charge in [0.2, 0.25) is 5.54 Å². The van der Waals surface area contributed by atoms with E-state index in [9.17, 15) is 25.4 Å². The third-order valence-electron chi connectivity index (χ3n) is 5.55. The van der Waals surface area contributed by atoms with E-state index in [1.165, 1.54) is 0 Å². The van der Waals surface area contributed by atoms with Crippen LogP contribution in [-0.2, 0) is 22.7 Å². The minimum absolute atomic E-state index is 0.0900. The summed E-state index contributed by atoms with van der Waals surface area (Å²) in [6.07, 6.45) is -3.52. The molecule has 0 aliphatic rings. The molecule has 8 heteroatoms. The first-order chi connectivity index (χ1) is 15.8. The quantitative estimate of drug-likeness (QED) is 0.259. The second kappa shape index (κ2) is 14.0. The van der Waals surface area contributed by atoms with Gasteiger partial charge in [-0.1, -0.05) is 67.6 Å². The van der Waals surface area contributed by atoms with Crippen molar-refractivity contribution in [2.45, 2.75) is 69.7 Å². The fourth-order valence-electron chi connectivity index (χ4n) is 3.83. The van der Waals surface area contributed by atoms with Crippen molar-refractivity contribution in [3.05, 3.63) is 81.9 Å². The van der Waals surface area contributed by atoms with E-state index in [4.69, 9.17) is 9.47 Å². The van der Waals surface area contributed by atoms with Crippen molar-refractivity contribution < 1.29 is 29.7 Å². The number of nitrogens with zero attached hydrogens (tertiary/aromatic N) is 1. The smallest absolute Gasteiger partial charge is 0.229 e. The Morgan fingerprint density at radius 1 is 0.788 bits per heavy atom. The normalized spacial score (nSPS) is 16.0. The number of benzene rings is 2. The zero-order valence-electron chi connectivity index (χ0n) is 19.1. The molecule has 0 saturated carbocycles. The van der Waals surface area contributed by atoms with Crippen molar-refractivity contribution in [1.82, 2.24) is 0 Å². The van der Waals surface area contributed by atoms with Crippen LogP contribution in [0, 0.1) is 10.1 Å². The van der Waals surface area contributed by atoms with Gasteiger partial charge in [0, 0.05) is 24.2 Å². The van der Waals surface area contributed by atoms with E-state index in [0.29, 0.717) is 6.42 Å². The zero-order chi connectivity index (χ0) is 24.1. The lowest BCUT2D eigenvalue weighted by molar-refractivity contribution is -0.579. The molecule has 0 saturated heterocycles. The fraction of sp³-hybridized carbons (Fsp3) is 0.520. The summed E-state index contributed by atoms with van der Waals surface area (Å²) in [5, 5.41) is 43.3. The second-order valence-electron chi connectivity index (χ2n) is 8.46. The molecule has 0 fully saturated rings. The molecule has 2 aromatic carbocycles. The molecule has 0 aliphatic carbocycles. The highest BCUT2D eigenvalue weighted by molar-refractivity contribution is 5.14. The molecule has 8 nitrogen and oxygen atoms in total. The molecule has 0 aromatic heterocycles. The van der Waals surface area contributed by atoms with Crippen LogP contribution in [0.1, 0.15) is 43.7 Å². The molecule has 0 radical (unpaired) electrons. The number of ether oxygens (including phenoxy) is 2. The first-order valence-corrected chi connectivity index (χ1v) is 11.3. The summed E-state index contributed by atoms with van der Waals surface area (Å²) in [5.74, 6) is 0. The minimum Gasteiger partial charge on any atom is -0.393 e. The Morgan fingerprint density at radius 2 is 1.18 bits per heavy atom. The summed E-state index contributed by atoms with van der Waals surface area (Å²) >= 11 is 0. The van der Waals surface area contributed by atoms with Crippen LogP contribution >= 0.6 is 0 Å². The number of nitro groups is 1. The largest absolute Gasteiger partial charge is 0.393 e. The molecule has 2 aromatic rings. The maximum atomic E-state index is 12.1. The van der Waals surface area contributed by atoms with Crippen molar-refractivity contribution in [1.29, 1.82) is 0 Å². The van der Waals surface area contributed by atoms with Gasteiger partial charge in [-0.05, 0) is 17.5 Å². The van der Waals surface area contributed by atoms with Gasteiger partial charge in [-0.2, -0.15) is 0 Å². The summed E-state index contributed by atoms with van der Waals surface area (Å²) in [5.41, 5.74) is 0.149. The molecule has 0 heterocycles. The van der Waals surface area contributed by atoms with Gasteiger partial charge in [-0.3, -0.25) is 10.1 Å². The minimum atomic E-state index is -1.71. The number of hydrogen-bond donors (Lipinski definition) is 3. The average Bonchev–Trinajstić information content (AvgIpc) is 2.80. The van der Waals surface area contributed by atoms with Crippen molar-refractivity contribution in [3.8, 4) is 0 Å². The SMILES string of the molecule is CCC(O)CC(CC(O)COCc1ccccc1)(CC(O)COCc1ccccc1)[N+](=O)[O-]. The molecule has 0 spiro atoms. The van der Waals surface area contributed by atoms with E-state index in [1.807, 2.05) is 60.7 Å². The van der Waals surface area contributed by atoms with Gasteiger partial charge in [0.05, 0.1) is 44.7 Å². The predicted octanol–water partition coefficient (Wildman–Crippen LogP) is 3.10. The Balaban J connectivity index is 1.96. The highest BCUT2D eigenvalue weighted by atomic mass is 16.6. The maximum Gasteiger partial charge on any atom is 0.229 e. The average molecular weight is 462 g/mol. The number of aliphatic hydroxyl groups is 3. The maximum absolute atomic E-state index is 12.1. The van der Waals surface area contributed by atoms with Gasteiger partial charge in [0.1, 0.15) is 0 Å². The molecule has 0 bridgehead atoms. The van der Waals surface area contributed by atoms with E-state index in [0.717, 1.165) is 11.1 Å². The third-order valence-corrected chi connectivity index (χ3v) is 5.55. The van der Waals surface area contributed by atoms with Crippen LogP contribution in [0.4, 0.5) is 0 Å². The highest BCUT2D eigenvalue weighted by Crippen LogP contribution is 2.30. The lowest BCUT2D eigenvalue weighted by Gasteiger charge is -2.31. The van der Waals surface area contributed by atoms with E-state index in [1.54, 1.807) is 6.92 Å². The monoisotopic (exact) mass is 461 g/mol. The summed E-state index contributed by atoms with van der Waals surface area (Å²) in [7, 11) is 0. The lowest BCUT2D eigenvalue weighted by Crippen LogP contribution is -2.48. The molecule has 2 rings (SSSR count). The van der Waals surface area contributed by atoms with Gasteiger partial charge in [0.15, 0.2) is 0 Å². The summed E-state index contributed by atoms with van der Waals surface area (Å²) in [6.45, 7) is 2.10. The Labute approximate surface area is 194 Å². The Morgan fingerprint density at radius 3 is 1.55 bits per heavy atom. The topological polar surface area (TPSA) is 122 Å². The van der Waals surface area contributed by atoms with Crippen LogP contribution in [-0.4, -0.2) is 57.3 Å². The van der Waals surface area contributed by atoms with Crippen molar-refractivity contribution in [2.24, 2.45) is 0 Å². The molecule has 182 valence electrons. The lowest BCUT2D eigenvalue weighted by atomic mass is 9.81. The number of rotatable bonds is 16. The first-order valence-electron chi connectivity index (χ1n) is 11.3. The zero-order valence-corrected chi connectivity index (χ0v) is 19.1. The van der Waals surface area contributed by atoms with E-state index >= 15 is 0 Å². The Hall–Kier alpha value is -2.36. The summed E-state index contributed by atoms with van der Waals surface area (Å²) in [6, 6.07) is 18.8. The standard InChI is InChI=1S/C25H35NO7/c1-2-22(27)13-25(26(30)31,14-23(28)18-32-16-20-9-5-3-6-10-20)15-24(29)19-33-17-21-11-7-4-8-12-21/h3-12,22-24,27-29H,2,13-19H2,1H3. The highest BCUT2D eigenvalue weighted by Gasteiger charge is 2.47. The Kier molecular flexibility index (Phi) is 11.4. The molecular weight excluding hydrogens is 426 g/mol. The number of hydrogen-bond acceptors (Lipinski definition) is 7. The summed E-state index contributed by atoms with van der Waals surface area (Å²) in [4.78, 5) is 11.6. The van der Waals surface area contributed by atoms with Gasteiger partial charge in [-0.15, -0.1) is 0 Å². The van der Waals surface area contributed by atoms with Gasteiger partial charge in [0.25, 0.3) is 0 Å². The fourth-order valence-corrected chi connectivity index (χ4v) is 3.83. The molecular formula is C25H35NO7. The van der Waals surface area contributed by atoms with Crippen LogP contribution in [0.25, 0.3) is 0 Å². The molecule has 33 heavy (non-hydrogen) atoms. The molecule has 3 N–H and O–H groups in total. The molecule has 3 atom stereocenters. The van der Waals surface area contributed by atoms with E-state index < -0.39 is 28.8 Å². The predicted molar refractivity (Wildman–Crippen MR) is 124 cm³/mol. The van der Waals surface area contributed by atoms with Crippen LogP contribution in [0.2, 0.25) is 0 Å². The summed E-state index contributed by atoms with van der Waals surface area (Å²) < 4.78 is 11.1. The van der Waals surface area contributed by atoms with Gasteiger partial charge < -0.3 is 24.8 Å². The second-order valence-corrected chi connectivity index (χ2v) is 8.46. The van der Waals surface area contributed by atoms with Crippen LogP contribution in [0.3, 0.4) is 0 Å². The molecule has 3 unspecified atom stereocenters. The third kappa shape index (κ3) is 9.57. The van der Waals surface area contributed by atoms with Gasteiger partial charge >= 0.3 is 0 Å². The first kappa shape index (κ1) is 26.9. The van der Waals surface area contributed by atoms with Crippen LogP contribution in [0.15, 0.2) is 60.7 Å². The van der Waals surface area contributed by atoms with Gasteiger partial charge in [-0.25, -0.2) is 0 Å². The van der Waals surface area contributed by atoms with Crippen molar-refractivity contribution in [2.75, 3.05) is 13.2 Å².